The number of aliphatic hydroxyl groups is 1. The number of hydrogen-bond donors (Lipinski definition) is 1. The van der Waals surface area contributed by atoms with Crippen LogP contribution in [0.4, 0.5) is 0 Å². The molecule has 0 aliphatic heterocycles. The number of nitrogens with zero attached hydrogens (tertiary/aromatic N) is 2. The van der Waals surface area contributed by atoms with Crippen LogP contribution in [0.25, 0.3) is 32.9 Å². The molecule has 1 heterocycles. The van der Waals surface area contributed by atoms with Crippen molar-refractivity contribution in [3.63, 3.8) is 0 Å². The van der Waals surface area contributed by atoms with Crippen LogP contribution < -0.4 is 4.40 Å². The summed E-state index contributed by atoms with van der Waals surface area (Å²) in [5.41, 5.74) is 4.83. The second-order valence-electron chi connectivity index (χ2n) is 14.0. The zero-order chi connectivity index (χ0) is 35.0. The van der Waals surface area contributed by atoms with Gasteiger partial charge in [0.2, 0.25) is 0 Å². The minimum atomic E-state index is -2.14. The molecule has 1 N–H and O–H groups in total. The molecule has 1 radical (unpaired) electrons. The van der Waals surface area contributed by atoms with Gasteiger partial charge in [0.15, 0.2) is 5.78 Å². The van der Waals surface area contributed by atoms with E-state index >= 15 is 0 Å². The third-order valence-corrected chi connectivity index (χ3v) is 13.5. The van der Waals surface area contributed by atoms with Gasteiger partial charge >= 0.3 is 175 Å². The molecular formula is C38H51GeIrN2O2-. The van der Waals surface area contributed by atoms with E-state index in [-0.39, 0.29) is 48.0 Å². The molecule has 3 aromatic carbocycles. The van der Waals surface area contributed by atoms with Crippen LogP contribution in [0.2, 0.25) is 17.3 Å². The summed E-state index contributed by atoms with van der Waals surface area (Å²) in [4.78, 5) is 21.4. The first-order valence-electron chi connectivity index (χ1n) is 16.7. The van der Waals surface area contributed by atoms with Gasteiger partial charge in [0.1, 0.15) is 5.76 Å². The summed E-state index contributed by atoms with van der Waals surface area (Å²) in [5, 5.41) is 13.2. The number of aliphatic hydroxyl groups excluding tert-OH is 1. The van der Waals surface area contributed by atoms with Gasteiger partial charge in [-0.15, -0.1) is 0 Å². The quantitative estimate of drug-likeness (QED) is 0.0663. The monoisotopic (exact) mass is 837 g/mol. The molecule has 0 atom stereocenters. The average Bonchev–Trinajstić information content (AvgIpc) is 2.95. The number of aromatic nitrogens is 2. The molecule has 6 heteroatoms. The molecule has 0 saturated carbocycles. The maximum atomic E-state index is 11.8. The molecule has 0 fully saturated rings. The maximum absolute atomic E-state index is 11.8. The molecule has 0 unspecified atom stereocenters. The van der Waals surface area contributed by atoms with Crippen LogP contribution in [-0.4, -0.2) is 34.1 Å². The second-order valence-corrected chi connectivity index (χ2v) is 24.5. The van der Waals surface area contributed by atoms with Crippen molar-refractivity contribution in [2.75, 3.05) is 0 Å². The third-order valence-electron chi connectivity index (χ3n) is 8.74. The summed E-state index contributed by atoms with van der Waals surface area (Å²) in [6, 6.07) is 14.7. The normalized spacial score (nSPS) is 13.8. The summed E-state index contributed by atoms with van der Waals surface area (Å²) in [7, 11) is 0. The fourth-order valence-electron chi connectivity index (χ4n) is 5.37. The molecule has 4 nitrogen and oxygen atoms in total. The predicted octanol–water partition coefficient (Wildman–Crippen LogP) is 9.90. The molecule has 4 aromatic rings. The molecule has 0 amide bonds. The number of carbonyl (C=O) groups excluding carboxylic acids is 1. The average molecular weight is 836 g/mol. The fraction of sp³-hybridized carbons (Fsp3) is 0.447. The smallest absolute Gasteiger partial charge is 0 e. The van der Waals surface area contributed by atoms with Crippen LogP contribution in [0.1, 0.15) is 81.0 Å². The molecule has 0 bridgehead atoms. The minimum Gasteiger partial charge on any atom is 0 e. The Kier molecular flexibility index (Phi) is 10.8. The summed E-state index contributed by atoms with van der Waals surface area (Å²) >= 11 is -2.09. The van der Waals surface area contributed by atoms with Crippen LogP contribution >= 0.6 is 0 Å². The van der Waals surface area contributed by atoms with Crippen molar-refractivity contribution in [3.8, 4) is 11.3 Å². The van der Waals surface area contributed by atoms with E-state index in [1.807, 2.05) is 48.5 Å². The van der Waals surface area contributed by atoms with Crippen molar-refractivity contribution >= 4 is 45.1 Å². The van der Waals surface area contributed by atoms with Crippen LogP contribution in [0, 0.1) is 44.5 Å². The topological polar surface area (TPSA) is 63.1 Å². The molecule has 0 aliphatic rings. The van der Waals surface area contributed by atoms with Crippen molar-refractivity contribution in [1.29, 1.82) is 0 Å². The van der Waals surface area contributed by atoms with Crippen molar-refractivity contribution in [2.24, 2.45) is 10.8 Å². The standard InChI is InChI=1S/C25H27GeN2.C13H24O2.Ir/c1-15-8-10-19(11-9-15)24-21-13-12-20-14-16(2)23(26(5,6)7)17(3)22(20)25(21)28-18(4)27-24;1-7-12(3,4)10(14)9-11(15)13(5,6)8-2;/h8-10,12-14H,1-7H3;9,14H,7-8H2,1-6H3;/q-1;;/b;10-9-;/i1D3;;. The van der Waals surface area contributed by atoms with Gasteiger partial charge in [0.05, 0.1) is 0 Å². The number of carbonyl (C=O) groups is 1. The fourth-order valence-corrected chi connectivity index (χ4v) is 10.6. The summed E-state index contributed by atoms with van der Waals surface area (Å²) in [6.45, 7) is 15.9. The van der Waals surface area contributed by atoms with Gasteiger partial charge < -0.3 is 5.11 Å². The number of allylic oxidation sites excluding steroid dienone is 2. The Balaban J connectivity index is 0.000000410. The zero-order valence-corrected chi connectivity index (χ0v) is 33.0. The predicted molar refractivity (Wildman–Crippen MR) is 187 cm³/mol. The van der Waals surface area contributed by atoms with E-state index in [0.29, 0.717) is 5.82 Å². The Morgan fingerprint density at radius 2 is 1.64 bits per heavy atom. The van der Waals surface area contributed by atoms with Gasteiger partial charge in [-0.3, -0.25) is 4.79 Å². The first-order chi connectivity index (χ1) is 21.0. The van der Waals surface area contributed by atoms with Crippen molar-refractivity contribution in [2.45, 2.75) is 99.3 Å². The number of fused-ring (bicyclic) bond motifs is 3. The molecular weight excluding hydrogens is 781 g/mol. The van der Waals surface area contributed by atoms with Gasteiger partial charge in [0.25, 0.3) is 0 Å². The molecule has 239 valence electrons. The van der Waals surface area contributed by atoms with Crippen LogP contribution in [0.5, 0.6) is 0 Å². The molecule has 0 spiro atoms. The third kappa shape index (κ3) is 8.27. The van der Waals surface area contributed by atoms with Gasteiger partial charge in [-0.1, -0.05) is 41.5 Å². The second kappa shape index (κ2) is 14.4. The van der Waals surface area contributed by atoms with Crippen LogP contribution in [-0.2, 0) is 24.9 Å². The zero-order valence-electron chi connectivity index (χ0n) is 31.5. The number of ketones is 1. The van der Waals surface area contributed by atoms with E-state index in [1.54, 1.807) is 18.2 Å². The van der Waals surface area contributed by atoms with Crippen LogP contribution in [0.15, 0.2) is 48.2 Å². The van der Waals surface area contributed by atoms with E-state index in [1.165, 1.54) is 32.4 Å². The number of aryl methyl sites for hydroxylation is 4. The van der Waals surface area contributed by atoms with Gasteiger partial charge in [-0.2, -0.15) is 0 Å². The Bertz CT molecular complexity index is 1790. The van der Waals surface area contributed by atoms with Crippen molar-refractivity contribution in [1.82, 2.24) is 9.97 Å². The van der Waals surface area contributed by atoms with Gasteiger partial charge in [0, 0.05) is 37.0 Å². The van der Waals surface area contributed by atoms with Crippen molar-refractivity contribution < 1.29 is 34.1 Å². The molecule has 4 rings (SSSR count). The number of rotatable bonds is 7. The van der Waals surface area contributed by atoms with E-state index in [4.69, 9.17) is 14.1 Å². The van der Waals surface area contributed by atoms with E-state index in [0.717, 1.165) is 35.0 Å². The van der Waals surface area contributed by atoms with E-state index in [2.05, 4.69) is 55.4 Å². The molecule has 44 heavy (non-hydrogen) atoms. The summed E-state index contributed by atoms with van der Waals surface area (Å²) in [6.07, 6.45) is 2.99. The Labute approximate surface area is 286 Å². The largest absolute Gasteiger partial charge is 0 e. The maximum Gasteiger partial charge on any atom is 0 e. The van der Waals surface area contributed by atoms with Gasteiger partial charge in [-0.25, -0.2) is 0 Å². The number of benzene rings is 3. The van der Waals surface area contributed by atoms with Crippen molar-refractivity contribution in [3.05, 3.63) is 76.8 Å². The Morgan fingerprint density at radius 3 is 2.16 bits per heavy atom. The minimum absolute atomic E-state index is 0. The molecule has 0 saturated heterocycles. The summed E-state index contributed by atoms with van der Waals surface area (Å²) in [5.74, 6) is 8.18. The first kappa shape index (κ1) is 33.0. The summed E-state index contributed by atoms with van der Waals surface area (Å²) < 4.78 is 24.4. The van der Waals surface area contributed by atoms with E-state index < -0.39 is 20.1 Å². The SMILES string of the molecule is CCC(C)(C)C(=O)/C=C(\O)C(C)(C)CC.[2H]C([2H])([2H])c1c[c-]c(-c2nc(C)nc3c2ccc2cc(C)[c]([Ge]([CH3])([CH3])[CH3])c(C)c23)cc1.[Ir]. The molecule has 0 aliphatic carbocycles. The number of hydrogen-bond acceptors (Lipinski definition) is 4. The van der Waals surface area contributed by atoms with E-state index in [9.17, 15) is 9.90 Å². The van der Waals surface area contributed by atoms with Crippen LogP contribution in [0.3, 0.4) is 0 Å². The Hall–Kier alpha value is -2.34. The van der Waals surface area contributed by atoms with Gasteiger partial charge in [-0.05, 0) is 12.8 Å². The first-order valence-corrected chi connectivity index (χ1v) is 22.6. The Morgan fingerprint density at radius 1 is 1.00 bits per heavy atom. The molecule has 1 aromatic heterocycles.